The summed E-state index contributed by atoms with van der Waals surface area (Å²) in [5, 5.41) is 20.3. The number of nitrogens with zero attached hydrogens (tertiary/aromatic N) is 3. The van der Waals surface area contributed by atoms with Crippen LogP contribution in [0.2, 0.25) is 0 Å². The number of fused-ring (bicyclic) bond motifs is 4. The van der Waals surface area contributed by atoms with Crippen molar-refractivity contribution in [2.24, 2.45) is 0 Å². The van der Waals surface area contributed by atoms with Crippen molar-refractivity contribution in [1.29, 1.82) is 0 Å². The Morgan fingerprint density at radius 3 is 2.41 bits per heavy atom. The summed E-state index contributed by atoms with van der Waals surface area (Å²) in [5.74, 6) is -2.51. The SMILES string of the molecule is O=C(O)/C=C/C(=O)O.c1csc(-c2ncc(N3CCN4CCC3CC4)s2)c1. The Balaban J connectivity index is 0.000000226. The van der Waals surface area contributed by atoms with E-state index < -0.39 is 11.9 Å². The predicted molar refractivity (Wildman–Crippen MR) is 107 cm³/mol. The van der Waals surface area contributed by atoms with E-state index in [0.29, 0.717) is 12.2 Å². The molecule has 0 radical (unpaired) electrons. The average Bonchev–Trinajstić information content (AvgIpc) is 3.27. The minimum atomic E-state index is -1.26. The van der Waals surface area contributed by atoms with Crippen LogP contribution < -0.4 is 4.90 Å². The Hall–Kier alpha value is -2.23. The van der Waals surface area contributed by atoms with E-state index in [4.69, 9.17) is 10.2 Å². The summed E-state index contributed by atoms with van der Waals surface area (Å²) in [6, 6.07) is 4.99. The van der Waals surface area contributed by atoms with Crippen LogP contribution >= 0.6 is 22.7 Å². The molecule has 3 aliphatic heterocycles. The summed E-state index contributed by atoms with van der Waals surface area (Å²) >= 11 is 3.63. The Morgan fingerprint density at radius 2 is 1.81 bits per heavy atom. The quantitative estimate of drug-likeness (QED) is 0.753. The molecule has 0 spiro atoms. The number of carboxylic acid groups (broad SMARTS) is 2. The van der Waals surface area contributed by atoms with E-state index in [0.717, 1.165) is 12.6 Å². The fourth-order valence-corrected chi connectivity index (χ4v) is 5.05. The third kappa shape index (κ3) is 5.38. The van der Waals surface area contributed by atoms with E-state index in [2.05, 4.69) is 38.5 Å². The van der Waals surface area contributed by atoms with Crippen molar-refractivity contribution in [2.45, 2.75) is 18.9 Å². The first-order valence-corrected chi connectivity index (χ1v) is 10.3. The molecule has 0 aliphatic carbocycles. The Morgan fingerprint density at radius 1 is 1.11 bits per heavy atom. The molecule has 3 fully saturated rings. The van der Waals surface area contributed by atoms with Crippen LogP contribution in [0.3, 0.4) is 0 Å². The van der Waals surface area contributed by atoms with Gasteiger partial charge >= 0.3 is 11.9 Å². The van der Waals surface area contributed by atoms with Crippen LogP contribution in [-0.2, 0) is 9.59 Å². The minimum Gasteiger partial charge on any atom is -0.478 e. The van der Waals surface area contributed by atoms with E-state index in [1.807, 2.05) is 11.3 Å². The summed E-state index contributed by atoms with van der Waals surface area (Å²) in [4.78, 5) is 30.2. The maximum atomic E-state index is 9.55. The first-order chi connectivity index (χ1) is 13.0. The maximum Gasteiger partial charge on any atom is 0.328 e. The molecule has 2 aromatic heterocycles. The molecule has 2 bridgehead atoms. The lowest BCUT2D eigenvalue weighted by Crippen LogP contribution is -2.37. The van der Waals surface area contributed by atoms with Crippen molar-refractivity contribution in [1.82, 2.24) is 9.88 Å². The molecule has 0 atom stereocenters. The largest absolute Gasteiger partial charge is 0.478 e. The molecule has 2 N–H and O–H groups in total. The fourth-order valence-electron chi connectivity index (χ4n) is 3.23. The Labute approximate surface area is 165 Å². The van der Waals surface area contributed by atoms with Crippen LogP contribution in [0.15, 0.2) is 35.9 Å². The van der Waals surface area contributed by atoms with Crippen molar-refractivity contribution in [3.8, 4) is 9.88 Å². The number of anilines is 1. The van der Waals surface area contributed by atoms with E-state index in [9.17, 15) is 9.59 Å². The fraction of sp³-hybridized carbons (Fsp3) is 0.389. The summed E-state index contributed by atoms with van der Waals surface area (Å²) < 4.78 is 0. The van der Waals surface area contributed by atoms with E-state index >= 15 is 0 Å². The van der Waals surface area contributed by atoms with Gasteiger partial charge in [-0.15, -0.1) is 11.3 Å². The topological polar surface area (TPSA) is 94.0 Å². The van der Waals surface area contributed by atoms with Crippen molar-refractivity contribution in [3.05, 3.63) is 35.9 Å². The van der Waals surface area contributed by atoms with Crippen LogP contribution in [-0.4, -0.2) is 64.3 Å². The van der Waals surface area contributed by atoms with Crippen LogP contribution in [0, 0.1) is 0 Å². The van der Waals surface area contributed by atoms with Crippen molar-refractivity contribution >= 4 is 39.6 Å². The van der Waals surface area contributed by atoms with Crippen LogP contribution in [0.4, 0.5) is 5.00 Å². The molecule has 7 nitrogen and oxygen atoms in total. The van der Waals surface area contributed by atoms with Gasteiger partial charge in [0.15, 0.2) is 0 Å². The first kappa shape index (κ1) is 19.5. The summed E-state index contributed by atoms with van der Waals surface area (Å²) in [5.41, 5.74) is 0. The van der Waals surface area contributed by atoms with Gasteiger partial charge in [-0.1, -0.05) is 17.4 Å². The Bertz CT molecular complexity index is 779. The van der Waals surface area contributed by atoms with Gasteiger partial charge in [-0.3, -0.25) is 0 Å². The number of hydrogen-bond acceptors (Lipinski definition) is 7. The van der Waals surface area contributed by atoms with Gasteiger partial charge in [0, 0.05) is 44.4 Å². The summed E-state index contributed by atoms with van der Waals surface area (Å²) in [7, 11) is 0. The van der Waals surface area contributed by atoms with Gasteiger partial charge in [-0.25, -0.2) is 14.6 Å². The second kappa shape index (κ2) is 9.12. The van der Waals surface area contributed by atoms with Crippen LogP contribution in [0.25, 0.3) is 9.88 Å². The molecule has 0 amide bonds. The smallest absolute Gasteiger partial charge is 0.328 e. The van der Waals surface area contributed by atoms with Crippen molar-refractivity contribution < 1.29 is 19.8 Å². The molecular weight excluding hydrogens is 386 g/mol. The maximum absolute atomic E-state index is 9.55. The lowest BCUT2D eigenvalue weighted by molar-refractivity contribution is -0.134. The number of aromatic nitrogens is 1. The molecule has 5 rings (SSSR count). The minimum absolute atomic E-state index is 0.558. The number of thiophene rings is 1. The first-order valence-electron chi connectivity index (χ1n) is 8.65. The number of rotatable bonds is 4. The van der Waals surface area contributed by atoms with Gasteiger partial charge in [0.25, 0.3) is 0 Å². The van der Waals surface area contributed by atoms with Gasteiger partial charge in [0.2, 0.25) is 0 Å². The molecular formula is C18H21N3O4S2. The number of thiazole rings is 1. The molecule has 0 unspecified atom stereocenters. The summed E-state index contributed by atoms with van der Waals surface area (Å²) in [6.45, 7) is 4.93. The number of carboxylic acids is 2. The zero-order valence-corrected chi connectivity index (χ0v) is 16.3. The van der Waals surface area contributed by atoms with Gasteiger partial charge in [-0.2, -0.15) is 0 Å². The lowest BCUT2D eigenvalue weighted by atomic mass is 10.1. The second-order valence-electron chi connectivity index (χ2n) is 6.26. The average molecular weight is 408 g/mol. The van der Waals surface area contributed by atoms with Crippen LogP contribution in [0.5, 0.6) is 0 Å². The third-order valence-electron chi connectivity index (χ3n) is 4.53. The molecule has 0 aromatic carbocycles. The zero-order valence-electron chi connectivity index (χ0n) is 14.7. The highest BCUT2D eigenvalue weighted by molar-refractivity contribution is 7.23. The highest BCUT2D eigenvalue weighted by Gasteiger charge is 2.30. The molecule has 5 heterocycles. The van der Waals surface area contributed by atoms with Gasteiger partial charge in [0.1, 0.15) is 10.0 Å². The number of piperidine rings is 1. The van der Waals surface area contributed by atoms with Gasteiger partial charge in [0.05, 0.1) is 11.1 Å². The molecule has 3 saturated heterocycles. The second-order valence-corrected chi connectivity index (χ2v) is 8.21. The van der Waals surface area contributed by atoms with Gasteiger partial charge in [-0.05, 0) is 24.3 Å². The molecule has 27 heavy (non-hydrogen) atoms. The standard InChI is InChI=1S/C14H17N3S2.C4H4O4/c1-2-12(18-9-1)14-15-10-13(19-14)17-8-7-16-5-3-11(17)4-6-16;5-3(6)1-2-4(7)8/h1-2,9-11H,3-8H2;1-2H,(H,5,6)(H,7,8)/b;2-1+. The Kier molecular flexibility index (Phi) is 6.59. The highest BCUT2D eigenvalue weighted by Crippen LogP contribution is 2.36. The van der Waals surface area contributed by atoms with Crippen molar-refractivity contribution in [2.75, 3.05) is 31.1 Å². The predicted octanol–water partition coefficient (Wildman–Crippen LogP) is 2.87. The van der Waals surface area contributed by atoms with Crippen molar-refractivity contribution in [3.63, 3.8) is 0 Å². The van der Waals surface area contributed by atoms with E-state index in [1.54, 1.807) is 11.3 Å². The number of hydrogen-bond donors (Lipinski definition) is 2. The normalized spacial score (nSPS) is 21.6. The zero-order chi connectivity index (χ0) is 19.2. The molecule has 9 heteroatoms. The highest BCUT2D eigenvalue weighted by atomic mass is 32.1. The van der Waals surface area contributed by atoms with Crippen LogP contribution in [0.1, 0.15) is 12.8 Å². The molecule has 2 aromatic rings. The molecule has 0 saturated carbocycles. The lowest BCUT2D eigenvalue weighted by Gasteiger charge is -2.31. The van der Waals surface area contributed by atoms with Gasteiger partial charge < -0.3 is 20.0 Å². The monoisotopic (exact) mass is 407 g/mol. The summed E-state index contributed by atoms with van der Waals surface area (Å²) in [6.07, 6.45) is 5.82. The van der Waals surface area contributed by atoms with E-state index in [-0.39, 0.29) is 0 Å². The molecule has 3 aliphatic rings. The van der Waals surface area contributed by atoms with E-state index in [1.165, 1.54) is 47.4 Å². The number of carbonyl (C=O) groups is 2. The third-order valence-corrected chi connectivity index (χ3v) is 6.61. The number of aliphatic carboxylic acids is 2. The molecule has 144 valence electrons.